The number of ether oxygens (including phenoxy) is 1. The molecule has 0 fully saturated rings. The molecule has 0 saturated heterocycles. The van der Waals surface area contributed by atoms with Gasteiger partial charge in [0.1, 0.15) is 11.6 Å². The summed E-state index contributed by atoms with van der Waals surface area (Å²) in [6.45, 7) is 2.43. The van der Waals surface area contributed by atoms with Gasteiger partial charge in [-0.3, -0.25) is 4.79 Å². The van der Waals surface area contributed by atoms with E-state index in [9.17, 15) is 13.6 Å². The molecule has 3 aromatic carbocycles. The zero-order chi connectivity index (χ0) is 25.7. The molecule has 1 aromatic heterocycles. The van der Waals surface area contributed by atoms with Gasteiger partial charge in [0.15, 0.2) is 17.4 Å². The van der Waals surface area contributed by atoms with Crippen LogP contribution in [0.25, 0.3) is 0 Å². The molecule has 0 unspecified atom stereocenters. The van der Waals surface area contributed by atoms with Crippen molar-refractivity contribution in [3.8, 4) is 11.5 Å². The average Bonchev–Trinajstić information content (AvgIpc) is 2.88. The lowest BCUT2D eigenvalue weighted by Gasteiger charge is -2.26. The molecule has 36 heavy (non-hydrogen) atoms. The van der Waals surface area contributed by atoms with Gasteiger partial charge < -0.3 is 26.4 Å². The highest BCUT2D eigenvalue weighted by Crippen LogP contribution is 2.37. The molecule has 4 aromatic rings. The maximum absolute atomic E-state index is 13.5. The van der Waals surface area contributed by atoms with Crippen molar-refractivity contribution in [3.05, 3.63) is 102 Å². The number of nitrogen functional groups attached to an aromatic ring is 2. The highest BCUT2D eigenvalue weighted by Gasteiger charge is 2.21. The summed E-state index contributed by atoms with van der Waals surface area (Å²) in [5.74, 6) is -0.874. The van der Waals surface area contributed by atoms with Crippen molar-refractivity contribution in [2.75, 3.05) is 22.9 Å². The zero-order valence-electron chi connectivity index (χ0n) is 19.5. The van der Waals surface area contributed by atoms with E-state index in [1.807, 2.05) is 30.0 Å². The Balaban J connectivity index is 1.61. The lowest BCUT2D eigenvalue weighted by Crippen LogP contribution is -2.27. The minimum atomic E-state index is -0.972. The molecule has 0 aliphatic carbocycles. The Morgan fingerprint density at radius 3 is 2.53 bits per heavy atom. The van der Waals surface area contributed by atoms with Crippen LogP contribution >= 0.6 is 0 Å². The van der Waals surface area contributed by atoms with Crippen molar-refractivity contribution in [2.45, 2.75) is 13.5 Å². The Kier molecular flexibility index (Phi) is 7.29. The SMILES string of the molecule is CCN(c1ccccc1Oc1ccc(N)c(N)c1)c1ncccc1C(=O)NCc1ccc(F)c(F)c1. The van der Waals surface area contributed by atoms with Gasteiger partial charge in [-0.25, -0.2) is 13.8 Å². The molecule has 9 heteroatoms. The molecular formula is C27H25F2N5O2. The number of halogens is 2. The molecule has 184 valence electrons. The summed E-state index contributed by atoms with van der Waals surface area (Å²) >= 11 is 0. The molecule has 7 nitrogen and oxygen atoms in total. The molecule has 0 aliphatic heterocycles. The molecule has 4 rings (SSSR count). The monoisotopic (exact) mass is 489 g/mol. The molecule has 0 spiro atoms. The first-order valence-electron chi connectivity index (χ1n) is 11.2. The number of pyridine rings is 1. The third-order valence-electron chi connectivity index (χ3n) is 5.48. The number of hydrogen-bond acceptors (Lipinski definition) is 6. The minimum absolute atomic E-state index is 0.0226. The smallest absolute Gasteiger partial charge is 0.255 e. The van der Waals surface area contributed by atoms with Crippen LogP contribution in [0.15, 0.2) is 79.0 Å². The van der Waals surface area contributed by atoms with Gasteiger partial charge >= 0.3 is 0 Å². The predicted octanol–water partition coefficient (Wildman–Crippen LogP) is 5.40. The Hall–Kier alpha value is -4.66. The summed E-state index contributed by atoms with van der Waals surface area (Å²) in [4.78, 5) is 19.4. The number of anilines is 4. The van der Waals surface area contributed by atoms with Crippen molar-refractivity contribution >= 4 is 28.8 Å². The number of aromatic nitrogens is 1. The van der Waals surface area contributed by atoms with Gasteiger partial charge in [-0.2, -0.15) is 0 Å². The average molecular weight is 490 g/mol. The third-order valence-corrected chi connectivity index (χ3v) is 5.48. The van der Waals surface area contributed by atoms with Gasteiger partial charge in [-0.1, -0.05) is 18.2 Å². The summed E-state index contributed by atoms with van der Waals surface area (Å²) in [7, 11) is 0. The maximum Gasteiger partial charge on any atom is 0.255 e. The molecule has 0 saturated carbocycles. The van der Waals surface area contributed by atoms with Crippen LogP contribution in [0.1, 0.15) is 22.8 Å². The molecule has 0 aliphatic rings. The Bertz CT molecular complexity index is 1400. The topological polar surface area (TPSA) is 106 Å². The molecule has 1 heterocycles. The second-order valence-corrected chi connectivity index (χ2v) is 7.91. The van der Waals surface area contributed by atoms with Gasteiger partial charge in [-0.05, 0) is 61.0 Å². The van der Waals surface area contributed by atoms with E-state index in [2.05, 4.69) is 10.3 Å². The lowest BCUT2D eigenvalue weighted by molar-refractivity contribution is 0.0951. The van der Waals surface area contributed by atoms with Crippen LogP contribution in [0.4, 0.5) is 31.7 Å². The second-order valence-electron chi connectivity index (χ2n) is 7.91. The number of nitrogens with one attached hydrogen (secondary N) is 1. The standard InChI is InChI=1S/C27H25F2N5O2/c1-2-34(24-7-3-4-8-25(24)36-18-10-12-22(30)23(31)15-18)26-19(6-5-13-32-26)27(35)33-16-17-9-11-20(28)21(29)14-17/h3-15H,2,16,30-31H2,1H3,(H,33,35). The fraction of sp³-hybridized carbons (Fsp3) is 0.111. The van der Waals surface area contributed by atoms with Crippen LogP contribution in [-0.2, 0) is 6.54 Å². The summed E-state index contributed by atoms with van der Waals surface area (Å²) in [6.07, 6.45) is 1.59. The largest absolute Gasteiger partial charge is 0.455 e. The Morgan fingerprint density at radius 1 is 0.972 bits per heavy atom. The number of amides is 1. The van der Waals surface area contributed by atoms with Crippen LogP contribution in [0.5, 0.6) is 11.5 Å². The molecule has 0 atom stereocenters. The normalized spacial score (nSPS) is 10.6. The molecule has 1 amide bonds. The quantitative estimate of drug-likeness (QED) is 0.286. The first-order chi connectivity index (χ1) is 17.4. The van der Waals surface area contributed by atoms with Crippen LogP contribution in [0.3, 0.4) is 0 Å². The van der Waals surface area contributed by atoms with Gasteiger partial charge in [0, 0.05) is 25.4 Å². The number of benzene rings is 3. The van der Waals surface area contributed by atoms with E-state index in [4.69, 9.17) is 16.2 Å². The molecule has 0 radical (unpaired) electrons. The minimum Gasteiger partial charge on any atom is -0.455 e. The van der Waals surface area contributed by atoms with Crippen molar-refractivity contribution in [2.24, 2.45) is 0 Å². The van der Waals surface area contributed by atoms with Crippen LogP contribution in [-0.4, -0.2) is 17.4 Å². The van der Waals surface area contributed by atoms with E-state index in [-0.39, 0.29) is 6.54 Å². The van der Waals surface area contributed by atoms with E-state index in [1.54, 1.807) is 42.6 Å². The highest BCUT2D eigenvalue weighted by atomic mass is 19.2. The fourth-order valence-corrected chi connectivity index (χ4v) is 3.66. The van der Waals surface area contributed by atoms with Gasteiger partial charge in [0.2, 0.25) is 0 Å². The van der Waals surface area contributed by atoms with Crippen molar-refractivity contribution in [3.63, 3.8) is 0 Å². The number of carbonyl (C=O) groups excluding carboxylic acids is 1. The summed E-state index contributed by atoms with van der Waals surface area (Å²) in [5, 5.41) is 2.75. The lowest BCUT2D eigenvalue weighted by atomic mass is 10.1. The van der Waals surface area contributed by atoms with Crippen LogP contribution in [0, 0.1) is 11.6 Å². The van der Waals surface area contributed by atoms with E-state index in [0.717, 1.165) is 12.1 Å². The number of carbonyl (C=O) groups is 1. The first-order valence-corrected chi connectivity index (χ1v) is 11.2. The fourth-order valence-electron chi connectivity index (χ4n) is 3.66. The molecule has 0 bridgehead atoms. The van der Waals surface area contributed by atoms with Crippen LogP contribution in [0.2, 0.25) is 0 Å². The van der Waals surface area contributed by atoms with E-state index < -0.39 is 17.5 Å². The number of rotatable bonds is 8. The van der Waals surface area contributed by atoms with Crippen molar-refractivity contribution in [1.82, 2.24) is 10.3 Å². The summed E-state index contributed by atoms with van der Waals surface area (Å²) in [6, 6.07) is 19.2. The Morgan fingerprint density at radius 2 is 1.78 bits per heavy atom. The van der Waals surface area contributed by atoms with Crippen LogP contribution < -0.4 is 26.4 Å². The molecule has 5 N–H and O–H groups in total. The van der Waals surface area contributed by atoms with E-state index in [1.165, 1.54) is 6.07 Å². The predicted molar refractivity (Wildman–Crippen MR) is 136 cm³/mol. The van der Waals surface area contributed by atoms with Crippen molar-refractivity contribution < 1.29 is 18.3 Å². The summed E-state index contributed by atoms with van der Waals surface area (Å²) in [5.41, 5.74) is 14.0. The van der Waals surface area contributed by atoms with Crippen molar-refractivity contribution in [1.29, 1.82) is 0 Å². The number of hydrogen-bond donors (Lipinski definition) is 3. The zero-order valence-corrected chi connectivity index (χ0v) is 19.5. The number of nitrogens with zero attached hydrogens (tertiary/aromatic N) is 2. The number of nitrogens with two attached hydrogens (primary N) is 2. The first kappa shape index (κ1) is 24.5. The van der Waals surface area contributed by atoms with Gasteiger partial charge in [-0.15, -0.1) is 0 Å². The van der Waals surface area contributed by atoms with Gasteiger partial charge in [0.25, 0.3) is 5.91 Å². The summed E-state index contributed by atoms with van der Waals surface area (Å²) < 4.78 is 32.9. The second kappa shape index (κ2) is 10.7. The van der Waals surface area contributed by atoms with Gasteiger partial charge in [0.05, 0.1) is 22.6 Å². The number of para-hydroxylation sites is 2. The Labute approximate surface area is 207 Å². The highest BCUT2D eigenvalue weighted by molar-refractivity contribution is 5.99. The van der Waals surface area contributed by atoms with E-state index in [0.29, 0.717) is 52.1 Å². The molecular weight excluding hydrogens is 464 g/mol. The maximum atomic E-state index is 13.5. The van der Waals surface area contributed by atoms with E-state index >= 15 is 0 Å². The third kappa shape index (κ3) is 5.35.